The summed E-state index contributed by atoms with van der Waals surface area (Å²) < 4.78 is 0. The summed E-state index contributed by atoms with van der Waals surface area (Å²) in [7, 11) is 2.04. The van der Waals surface area contributed by atoms with Crippen molar-refractivity contribution in [1.82, 2.24) is 4.98 Å². The minimum Gasteiger partial charge on any atom is -0.481 e. The Morgan fingerprint density at radius 2 is 2.11 bits per heavy atom. The largest absolute Gasteiger partial charge is 0.481 e. The number of rotatable bonds is 6. The van der Waals surface area contributed by atoms with Crippen molar-refractivity contribution >= 4 is 23.0 Å². The maximum atomic E-state index is 10.6. The van der Waals surface area contributed by atoms with Crippen molar-refractivity contribution < 1.29 is 9.90 Å². The van der Waals surface area contributed by atoms with Crippen LogP contribution in [-0.4, -0.2) is 29.7 Å². The number of hydrogen-bond donors (Lipinski definition) is 1. The molecule has 1 aromatic carbocycles. The zero-order valence-corrected chi connectivity index (χ0v) is 11.6. The summed E-state index contributed by atoms with van der Waals surface area (Å²) in [5, 5.41) is 11.5. The van der Waals surface area contributed by atoms with Gasteiger partial charge in [0.15, 0.2) is 0 Å². The molecule has 0 unspecified atom stereocenters. The van der Waals surface area contributed by atoms with Crippen molar-refractivity contribution in [2.45, 2.75) is 12.8 Å². The number of carboxylic acids is 1. The third-order valence-electron chi connectivity index (χ3n) is 2.79. The van der Waals surface area contributed by atoms with Gasteiger partial charge in [-0.2, -0.15) is 0 Å². The smallest absolute Gasteiger partial charge is 0.309 e. The molecule has 2 aromatic rings. The van der Waals surface area contributed by atoms with Crippen LogP contribution in [0.5, 0.6) is 0 Å². The predicted molar refractivity (Wildman–Crippen MR) is 76.9 cm³/mol. The Kier molecular flexibility index (Phi) is 4.52. The van der Waals surface area contributed by atoms with E-state index in [1.807, 2.05) is 30.6 Å². The van der Waals surface area contributed by atoms with E-state index in [0.29, 0.717) is 5.69 Å². The lowest BCUT2D eigenvalue weighted by molar-refractivity contribution is -0.136. The number of likely N-dealkylation sites (N-methyl/N-ethyl adjacent to an activating group) is 1. The van der Waals surface area contributed by atoms with Gasteiger partial charge in [-0.3, -0.25) is 4.79 Å². The normalized spacial score (nSPS) is 10.4. The Morgan fingerprint density at radius 3 is 2.79 bits per heavy atom. The summed E-state index contributed by atoms with van der Waals surface area (Å²) in [5.41, 5.74) is 1.82. The Hall–Kier alpha value is -1.88. The van der Waals surface area contributed by atoms with Crippen molar-refractivity contribution in [2.24, 2.45) is 0 Å². The summed E-state index contributed by atoms with van der Waals surface area (Å²) in [6, 6.07) is 10.2. The quantitative estimate of drug-likeness (QED) is 0.880. The van der Waals surface area contributed by atoms with Gasteiger partial charge in [0.2, 0.25) is 0 Å². The third-order valence-corrected chi connectivity index (χ3v) is 3.75. The van der Waals surface area contributed by atoms with Gasteiger partial charge in [-0.25, -0.2) is 4.98 Å². The molecule has 4 nitrogen and oxygen atoms in total. The van der Waals surface area contributed by atoms with Crippen LogP contribution < -0.4 is 4.90 Å². The van der Waals surface area contributed by atoms with E-state index in [4.69, 9.17) is 5.11 Å². The molecule has 100 valence electrons. The predicted octanol–water partition coefficient (Wildman–Crippen LogP) is 2.45. The number of carbonyl (C=O) groups is 1. The molecule has 0 amide bonds. The second kappa shape index (κ2) is 6.33. The molecular formula is C14H16N2O2S. The molecule has 0 saturated heterocycles. The number of para-hydroxylation sites is 1. The third kappa shape index (κ3) is 4.06. The van der Waals surface area contributed by atoms with Crippen molar-refractivity contribution in [1.29, 1.82) is 0 Å². The van der Waals surface area contributed by atoms with E-state index >= 15 is 0 Å². The molecular weight excluding hydrogens is 260 g/mol. The molecule has 2 rings (SSSR count). The number of benzene rings is 1. The number of carboxylic acid groups (broad SMARTS) is 1. The van der Waals surface area contributed by atoms with Gasteiger partial charge in [0.1, 0.15) is 0 Å². The van der Waals surface area contributed by atoms with E-state index in [0.717, 1.165) is 18.0 Å². The standard InChI is InChI=1S/C14H16N2O2S/c1-16(12-5-3-2-4-6-12)8-7-13-15-11(10-19-13)9-14(17)18/h2-6,10H,7-9H2,1H3,(H,17,18). The minimum absolute atomic E-state index is 0.00498. The van der Waals surface area contributed by atoms with Gasteiger partial charge in [-0.15, -0.1) is 11.3 Å². The number of hydrogen-bond acceptors (Lipinski definition) is 4. The summed E-state index contributed by atoms with van der Waals surface area (Å²) in [6.45, 7) is 0.865. The van der Waals surface area contributed by atoms with E-state index in [9.17, 15) is 4.79 Å². The highest BCUT2D eigenvalue weighted by Crippen LogP contribution is 2.14. The molecule has 0 radical (unpaired) electrons. The first-order valence-electron chi connectivity index (χ1n) is 6.06. The number of aliphatic carboxylic acids is 1. The average molecular weight is 276 g/mol. The molecule has 0 fully saturated rings. The van der Waals surface area contributed by atoms with Crippen LogP contribution in [0, 0.1) is 0 Å². The highest BCUT2D eigenvalue weighted by atomic mass is 32.1. The Morgan fingerprint density at radius 1 is 1.37 bits per heavy atom. The SMILES string of the molecule is CN(CCc1nc(CC(=O)O)cs1)c1ccccc1. The monoisotopic (exact) mass is 276 g/mol. The fourth-order valence-corrected chi connectivity index (χ4v) is 2.56. The van der Waals surface area contributed by atoms with Gasteiger partial charge in [-0.05, 0) is 12.1 Å². The lowest BCUT2D eigenvalue weighted by Gasteiger charge is -2.18. The van der Waals surface area contributed by atoms with Gasteiger partial charge >= 0.3 is 5.97 Å². The van der Waals surface area contributed by atoms with Crippen LogP contribution >= 0.6 is 11.3 Å². The zero-order chi connectivity index (χ0) is 13.7. The first kappa shape index (κ1) is 13.5. The van der Waals surface area contributed by atoms with Gasteiger partial charge in [0.25, 0.3) is 0 Å². The van der Waals surface area contributed by atoms with Gasteiger partial charge < -0.3 is 10.0 Å². The number of anilines is 1. The highest BCUT2D eigenvalue weighted by molar-refractivity contribution is 7.09. The van der Waals surface area contributed by atoms with Crippen LogP contribution in [0.25, 0.3) is 0 Å². The van der Waals surface area contributed by atoms with Crippen LogP contribution in [-0.2, 0) is 17.6 Å². The van der Waals surface area contributed by atoms with Crippen LogP contribution in [0.2, 0.25) is 0 Å². The average Bonchev–Trinajstić information content (AvgIpc) is 2.84. The van der Waals surface area contributed by atoms with Gasteiger partial charge in [0, 0.05) is 31.1 Å². The lowest BCUT2D eigenvalue weighted by Crippen LogP contribution is -2.20. The molecule has 1 N–H and O–H groups in total. The Labute approximate surface area is 116 Å². The van der Waals surface area contributed by atoms with Crippen LogP contribution in [0.3, 0.4) is 0 Å². The molecule has 0 aliphatic heterocycles. The topological polar surface area (TPSA) is 53.4 Å². The zero-order valence-electron chi connectivity index (χ0n) is 10.7. The first-order valence-corrected chi connectivity index (χ1v) is 6.94. The molecule has 0 aliphatic carbocycles. The van der Waals surface area contributed by atoms with Crippen molar-refractivity contribution in [2.75, 3.05) is 18.5 Å². The van der Waals surface area contributed by atoms with Gasteiger partial charge in [0.05, 0.1) is 17.1 Å². The van der Waals surface area contributed by atoms with E-state index in [1.165, 1.54) is 17.0 Å². The van der Waals surface area contributed by atoms with Crippen molar-refractivity contribution in [3.63, 3.8) is 0 Å². The number of aromatic nitrogens is 1. The molecule has 0 spiro atoms. The van der Waals surface area contributed by atoms with E-state index < -0.39 is 5.97 Å². The van der Waals surface area contributed by atoms with Gasteiger partial charge in [-0.1, -0.05) is 18.2 Å². The maximum Gasteiger partial charge on any atom is 0.309 e. The van der Waals surface area contributed by atoms with Crippen LogP contribution in [0.15, 0.2) is 35.7 Å². The van der Waals surface area contributed by atoms with Crippen molar-refractivity contribution in [3.05, 3.63) is 46.4 Å². The summed E-state index contributed by atoms with van der Waals surface area (Å²) in [4.78, 5) is 17.1. The van der Waals surface area contributed by atoms with E-state index in [2.05, 4.69) is 22.0 Å². The van der Waals surface area contributed by atoms with Crippen LogP contribution in [0.4, 0.5) is 5.69 Å². The fourth-order valence-electron chi connectivity index (χ4n) is 1.77. The second-order valence-electron chi connectivity index (χ2n) is 4.31. The molecule has 0 saturated carbocycles. The number of thiazole rings is 1. The fraction of sp³-hybridized carbons (Fsp3) is 0.286. The molecule has 19 heavy (non-hydrogen) atoms. The lowest BCUT2D eigenvalue weighted by atomic mass is 10.3. The molecule has 0 aliphatic rings. The highest BCUT2D eigenvalue weighted by Gasteiger charge is 2.07. The second-order valence-corrected chi connectivity index (χ2v) is 5.25. The first-order chi connectivity index (χ1) is 9.15. The molecule has 0 atom stereocenters. The van der Waals surface area contributed by atoms with Crippen molar-refractivity contribution in [3.8, 4) is 0 Å². The minimum atomic E-state index is -0.835. The molecule has 1 aromatic heterocycles. The summed E-state index contributed by atoms with van der Waals surface area (Å²) >= 11 is 1.53. The number of nitrogens with zero attached hydrogens (tertiary/aromatic N) is 2. The Bertz CT molecular complexity index is 539. The molecule has 0 bridgehead atoms. The summed E-state index contributed by atoms with van der Waals surface area (Å²) in [5.74, 6) is -0.835. The Balaban J connectivity index is 1.88. The summed E-state index contributed by atoms with van der Waals surface area (Å²) in [6.07, 6.45) is 0.834. The van der Waals surface area contributed by atoms with E-state index in [1.54, 1.807) is 0 Å². The molecule has 5 heteroatoms. The molecule has 1 heterocycles. The van der Waals surface area contributed by atoms with E-state index in [-0.39, 0.29) is 6.42 Å². The van der Waals surface area contributed by atoms with Crippen LogP contribution in [0.1, 0.15) is 10.7 Å². The maximum absolute atomic E-state index is 10.6.